The van der Waals surface area contributed by atoms with Gasteiger partial charge in [-0.1, -0.05) is 54.1 Å². The standard InChI is InChI=1S/C22H26N2O3S/c1-16-6-8-17(9-7-16)14-24(21-11-10-18-4-2-3-5-20(18)21)22(25)23-19-12-13-28(26,27)15-19/h2-9,19,21H,10-15H2,1H3,(H,23,25)/t19-,21-/m1/s1. The van der Waals surface area contributed by atoms with Crippen molar-refractivity contribution in [2.45, 2.75) is 44.8 Å². The van der Waals surface area contributed by atoms with Crippen molar-refractivity contribution in [3.05, 3.63) is 70.8 Å². The lowest BCUT2D eigenvalue weighted by atomic mass is 10.1. The Balaban J connectivity index is 1.58. The number of aryl methyl sites for hydroxylation is 2. The molecule has 28 heavy (non-hydrogen) atoms. The number of urea groups is 1. The monoisotopic (exact) mass is 398 g/mol. The molecule has 0 bridgehead atoms. The normalized spacial score (nSPS) is 22.6. The molecule has 4 rings (SSSR count). The highest BCUT2D eigenvalue weighted by Crippen LogP contribution is 2.36. The molecule has 5 nitrogen and oxygen atoms in total. The third-order valence-electron chi connectivity index (χ3n) is 5.77. The Labute approximate surface area is 166 Å². The molecule has 2 atom stereocenters. The van der Waals surface area contributed by atoms with Crippen LogP contribution in [0.4, 0.5) is 4.79 Å². The average molecular weight is 399 g/mol. The van der Waals surface area contributed by atoms with Gasteiger partial charge in [-0.25, -0.2) is 13.2 Å². The number of nitrogens with zero attached hydrogens (tertiary/aromatic N) is 1. The summed E-state index contributed by atoms with van der Waals surface area (Å²) in [6, 6.07) is 16.0. The number of fused-ring (bicyclic) bond motifs is 1. The van der Waals surface area contributed by atoms with Gasteiger partial charge in [0.25, 0.3) is 0 Å². The summed E-state index contributed by atoms with van der Waals surface area (Å²) in [7, 11) is -3.03. The van der Waals surface area contributed by atoms with Crippen LogP contribution in [0.2, 0.25) is 0 Å². The summed E-state index contributed by atoms with van der Waals surface area (Å²) in [6.45, 7) is 2.55. The van der Waals surface area contributed by atoms with Gasteiger partial charge in [0.05, 0.1) is 17.5 Å². The van der Waals surface area contributed by atoms with Crippen LogP contribution in [-0.4, -0.2) is 36.9 Å². The van der Waals surface area contributed by atoms with Crippen LogP contribution in [-0.2, 0) is 22.8 Å². The van der Waals surface area contributed by atoms with E-state index in [1.807, 2.05) is 24.0 Å². The van der Waals surface area contributed by atoms with E-state index < -0.39 is 9.84 Å². The summed E-state index contributed by atoms with van der Waals surface area (Å²) >= 11 is 0. The van der Waals surface area contributed by atoms with E-state index in [0.29, 0.717) is 13.0 Å². The molecule has 6 heteroatoms. The molecule has 2 aliphatic rings. The van der Waals surface area contributed by atoms with Crippen LogP contribution in [0.15, 0.2) is 48.5 Å². The maximum atomic E-state index is 13.2. The van der Waals surface area contributed by atoms with Gasteiger partial charge in [0.15, 0.2) is 9.84 Å². The first-order chi connectivity index (χ1) is 13.4. The zero-order valence-electron chi connectivity index (χ0n) is 16.1. The highest BCUT2D eigenvalue weighted by atomic mass is 32.2. The summed E-state index contributed by atoms with van der Waals surface area (Å²) in [5.41, 5.74) is 4.74. The number of nitrogens with one attached hydrogen (secondary N) is 1. The fourth-order valence-corrected chi connectivity index (χ4v) is 5.91. The predicted molar refractivity (Wildman–Crippen MR) is 110 cm³/mol. The SMILES string of the molecule is Cc1ccc(CN(C(=O)N[C@@H]2CCS(=O)(=O)C2)[C@@H]2CCc3ccccc32)cc1. The molecule has 0 radical (unpaired) electrons. The number of hydrogen-bond acceptors (Lipinski definition) is 3. The van der Waals surface area contributed by atoms with Crippen LogP contribution in [0.25, 0.3) is 0 Å². The van der Waals surface area contributed by atoms with Crippen molar-refractivity contribution in [1.29, 1.82) is 0 Å². The largest absolute Gasteiger partial charge is 0.334 e. The van der Waals surface area contributed by atoms with Crippen LogP contribution in [0.5, 0.6) is 0 Å². The van der Waals surface area contributed by atoms with Gasteiger partial charge in [-0.3, -0.25) is 0 Å². The summed E-state index contributed by atoms with van der Waals surface area (Å²) < 4.78 is 23.5. The molecule has 1 N–H and O–H groups in total. The van der Waals surface area contributed by atoms with Gasteiger partial charge in [0.2, 0.25) is 0 Å². The number of hydrogen-bond donors (Lipinski definition) is 1. The molecule has 0 saturated carbocycles. The predicted octanol–water partition coefficient (Wildman–Crippen LogP) is 3.38. The molecular formula is C22H26N2O3S. The maximum Gasteiger partial charge on any atom is 0.318 e. The molecular weight excluding hydrogens is 372 g/mol. The van der Waals surface area contributed by atoms with Crippen LogP contribution >= 0.6 is 0 Å². The molecule has 0 spiro atoms. The van der Waals surface area contributed by atoms with Crippen molar-refractivity contribution < 1.29 is 13.2 Å². The van der Waals surface area contributed by atoms with Crippen molar-refractivity contribution in [3.63, 3.8) is 0 Å². The minimum Gasteiger partial charge on any atom is -0.334 e. The lowest BCUT2D eigenvalue weighted by Gasteiger charge is -2.31. The highest BCUT2D eigenvalue weighted by molar-refractivity contribution is 7.91. The minimum absolute atomic E-state index is 0.00973. The Morgan fingerprint density at radius 3 is 2.57 bits per heavy atom. The molecule has 2 amide bonds. The van der Waals surface area contributed by atoms with Crippen LogP contribution in [0.3, 0.4) is 0 Å². The second kappa shape index (κ2) is 7.59. The summed E-state index contributed by atoms with van der Waals surface area (Å²) in [6.07, 6.45) is 2.34. The molecule has 2 aromatic carbocycles. The Kier molecular flexibility index (Phi) is 5.15. The molecule has 1 fully saturated rings. The molecule has 1 aliphatic heterocycles. The second-order valence-electron chi connectivity index (χ2n) is 7.92. The molecule has 1 aliphatic carbocycles. The summed E-state index contributed by atoms with van der Waals surface area (Å²) in [4.78, 5) is 15.1. The van der Waals surface area contributed by atoms with Crippen LogP contribution in [0.1, 0.15) is 41.1 Å². The molecule has 148 valence electrons. The third kappa shape index (κ3) is 4.07. The smallest absolute Gasteiger partial charge is 0.318 e. The first kappa shape index (κ1) is 19.0. The van der Waals surface area contributed by atoms with Crippen molar-refractivity contribution in [2.75, 3.05) is 11.5 Å². The molecule has 0 aromatic heterocycles. The van der Waals surface area contributed by atoms with Crippen molar-refractivity contribution >= 4 is 15.9 Å². The molecule has 0 unspecified atom stereocenters. The van der Waals surface area contributed by atoms with E-state index in [0.717, 1.165) is 18.4 Å². The molecule has 1 saturated heterocycles. The Morgan fingerprint density at radius 2 is 1.86 bits per heavy atom. The van der Waals surface area contributed by atoms with Crippen LogP contribution in [0, 0.1) is 6.92 Å². The third-order valence-corrected chi connectivity index (χ3v) is 7.54. The second-order valence-corrected chi connectivity index (χ2v) is 10.1. The van der Waals surface area contributed by atoms with Gasteiger partial charge in [-0.05, 0) is 42.9 Å². The van der Waals surface area contributed by atoms with Gasteiger partial charge in [0.1, 0.15) is 0 Å². The first-order valence-corrected chi connectivity index (χ1v) is 11.6. The van der Waals surface area contributed by atoms with Gasteiger partial charge in [0, 0.05) is 12.6 Å². The highest BCUT2D eigenvalue weighted by Gasteiger charge is 2.34. The van der Waals surface area contributed by atoms with E-state index in [2.05, 4.69) is 41.7 Å². The van der Waals surface area contributed by atoms with Gasteiger partial charge < -0.3 is 10.2 Å². The fourth-order valence-electron chi connectivity index (χ4n) is 4.24. The van der Waals surface area contributed by atoms with Crippen LogP contribution < -0.4 is 5.32 Å². The fraction of sp³-hybridized carbons (Fsp3) is 0.409. The lowest BCUT2D eigenvalue weighted by Crippen LogP contribution is -2.46. The van der Waals surface area contributed by atoms with Crippen molar-refractivity contribution in [2.24, 2.45) is 0 Å². The molecule has 2 aromatic rings. The van der Waals surface area contributed by atoms with E-state index in [9.17, 15) is 13.2 Å². The van der Waals surface area contributed by atoms with Gasteiger partial charge >= 0.3 is 6.03 Å². The number of carbonyl (C=O) groups excluding carboxylic acids is 1. The minimum atomic E-state index is -3.03. The summed E-state index contributed by atoms with van der Waals surface area (Å²) in [5, 5.41) is 2.98. The number of sulfone groups is 1. The zero-order valence-corrected chi connectivity index (χ0v) is 16.9. The van der Waals surface area contributed by atoms with E-state index in [1.54, 1.807) is 0 Å². The Bertz CT molecular complexity index is 970. The summed E-state index contributed by atoms with van der Waals surface area (Å²) in [5.74, 6) is 0.195. The topological polar surface area (TPSA) is 66.5 Å². The number of rotatable bonds is 4. The van der Waals surface area contributed by atoms with Crippen molar-refractivity contribution in [3.8, 4) is 0 Å². The maximum absolute atomic E-state index is 13.2. The van der Waals surface area contributed by atoms with Gasteiger partial charge in [-0.15, -0.1) is 0 Å². The first-order valence-electron chi connectivity index (χ1n) is 9.82. The zero-order chi connectivity index (χ0) is 19.7. The quantitative estimate of drug-likeness (QED) is 0.859. The number of carbonyl (C=O) groups is 1. The van der Waals surface area contributed by atoms with E-state index in [4.69, 9.17) is 0 Å². The Hall–Kier alpha value is -2.34. The van der Waals surface area contributed by atoms with E-state index in [1.165, 1.54) is 16.7 Å². The van der Waals surface area contributed by atoms with E-state index >= 15 is 0 Å². The van der Waals surface area contributed by atoms with Gasteiger partial charge in [-0.2, -0.15) is 0 Å². The van der Waals surface area contributed by atoms with Crippen molar-refractivity contribution in [1.82, 2.24) is 10.2 Å². The number of benzene rings is 2. The molecule has 1 heterocycles. The average Bonchev–Trinajstić information content (AvgIpc) is 3.24. The Morgan fingerprint density at radius 1 is 1.11 bits per heavy atom. The van der Waals surface area contributed by atoms with E-state index in [-0.39, 0.29) is 29.6 Å². The lowest BCUT2D eigenvalue weighted by molar-refractivity contribution is 0.167. The number of amides is 2.